The molecule has 0 spiro atoms. The van der Waals surface area contributed by atoms with E-state index in [1.807, 2.05) is 52.3 Å². The predicted octanol–water partition coefficient (Wildman–Crippen LogP) is 3.70. The van der Waals surface area contributed by atoms with Gasteiger partial charge in [-0.05, 0) is 68.0 Å². The second kappa shape index (κ2) is 8.46. The molecule has 2 aliphatic rings. The second-order valence-electron chi connectivity index (χ2n) is 7.56. The summed E-state index contributed by atoms with van der Waals surface area (Å²) in [5.41, 5.74) is 3.84. The fourth-order valence-electron chi connectivity index (χ4n) is 4.08. The van der Waals surface area contributed by atoms with Crippen molar-refractivity contribution in [3.05, 3.63) is 59.7 Å². The number of likely N-dealkylation sites (tertiary alicyclic amines) is 1. The normalized spacial score (nSPS) is 16.4. The van der Waals surface area contributed by atoms with Crippen molar-refractivity contribution in [1.82, 2.24) is 4.90 Å². The van der Waals surface area contributed by atoms with Crippen molar-refractivity contribution in [2.24, 2.45) is 0 Å². The Morgan fingerprint density at radius 2 is 1.61 bits per heavy atom. The van der Waals surface area contributed by atoms with Crippen molar-refractivity contribution < 1.29 is 9.59 Å². The standard InChI is InChI=1S/C23H27N3O2/c27-22(26-16-6-8-18-7-2-3-9-21(18)26)17-24-20-12-10-19(11-13-20)23(28)25-14-4-1-5-15-25/h2-3,7,9-13,24H,1,4-6,8,14-17H2. The van der Waals surface area contributed by atoms with E-state index in [-0.39, 0.29) is 18.4 Å². The largest absolute Gasteiger partial charge is 0.376 e. The van der Waals surface area contributed by atoms with Gasteiger partial charge in [0.25, 0.3) is 5.91 Å². The van der Waals surface area contributed by atoms with Crippen LogP contribution in [0.1, 0.15) is 41.6 Å². The molecule has 0 unspecified atom stereocenters. The minimum absolute atomic E-state index is 0.0700. The summed E-state index contributed by atoms with van der Waals surface area (Å²) in [4.78, 5) is 29.1. The number of nitrogens with one attached hydrogen (secondary N) is 1. The molecule has 0 radical (unpaired) electrons. The zero-order chi connectivity index (χ0) is 19.3. The summed E-state index contributed by atoms with van der Waals surface area (Å²) in [6, 6.07) is 15.6. The number of fused-ring (bicyclic) bond motifs is 1. The smallest absolute Gasteiger partial charge is 0.253 e. The third-order valence-corrected chi connectivity index (χ3v) is 5.63. The SMILES string of the molecule is O=C(c1ccc(NCC(=O)N2CCCc3ccccc32)cc1)N1CCCCC1. The van der Waals surface area contributed by atoms with Crippen molar-refractivity contribution in [2.45, 2.75) is 32.1 Å². The van der Waals surface area contributed by atoms with Gasteiger partial charge in [0.15, 0.2) is 0 Å². The number of rotatable bonds is 4. The number of para-hydroxylation sites is 1. The topological polar surface area (TPSA) is 52.7 Å². The monoisotopic (exact) mass is 377 g/mol. The van der Waals surface area contributed by atoms with Crippen molar-refractivity contribution in [3.8, 4) is 0 Å². The molecule has 2 aromatic carbocycles. The Balaban J connectivity index is 1.35. The van der Waals surface area contributed by atoms with Crippen LogP contribution in [0.4, 0.5) is 11.4 Å². The predicted molar refractivity (Wildman–Crippen MR) is 112 cm³/mol. The average Bonchev–Trinajstić information content (AvgIpc) is 2.77. The molecule has 0 saturated carbocycles. The molecule has 0 bridgehead atoms. The maximum Gasteiger partial charge on any atom is 0.253 e. The van der Waals surface area contributed by atoms with E-state index in [1.165, 1.54) is 12.0 Å². The molecule has 1 N–H and O–H groups in total. The number of carbonyl (C=O) groups excluding carboxylic acids is 2. The van der Waals surface area contributed by atoms with Crippen LogP contribution in [0.2, 0.25) is 0 Å². The summed E-state index contributed by atoms with van der Waals surface area (Å²) in [6.45, 7) is 2.71. The Morgan fingerprint density at radius 3 is 2.39 bits per heavy atom. The molecule has 2 heterocycles. The Kier molecular flexibility index (Phi) is 5.60. The fraction of sp³-hybridized carbons (Fsp3) is 0.391. The quantitative estimate of drug-likeness (QED) is 0.884. The van der Waals surface area contributed by atoms with Crippen molar-refractivity contribution in [3.63, 3.8) is 0 Å². The lowest BCUT2D eigenvalue weighted by molar-refractivity contribution is -0.117. The van der Waals surface area contributed by atoms with Crippen LogP contribution in [0, 0.1) is 0 Å². The highest BCUT2D eigenvalue weighted by atomic mass is 16.2. The van der Waals surface area contributed by atoms with Gasteiger partial charge in [0.1, 0.15) is 0 Å². The zero-order valence-corrected chi connectivity index (χ0v) is 16.2. The van der Waals surface area contributed by atoms with Crippen LogP contribution in [0.3, 0.4) is 0 Å². The molecule has 4 rings (SSSR count). The van der Waals surface area contributed by atoms with Crippen LogP contribution in [0.5, 0.6) is 0 Å². The summed E-state index contributed by atoms with van der Waals surface area (Å²) in [6.07, 6.45) is 5.42. The Labute approximate surface area is 166 Å². The number of hydrogen-bond acceptors (Lipinski definition) is 3. The van der Waals surface area contributed by atoms with Crippen LogP contribution in [-0.4, -0.2) is 42.9 Å². The van der Waals surface area contributed by atoms with E-state index < -0.39 is 0 Å². The Hall–Kier alpha value is -2.82. The molecule has 5 nitrogen and oxygen atoms in total. The average molecular weight is 377 g/mol. The molecule has 0 aliphatic carbocycles. The van der Waals surface area contributed by atoms with Gasteiger partial charge in [-0.2, -0.15) is 0 Å². The highest BCUT2D eigenvalue weighted by molar-refractivity contribution is 5.97. The van der Waals surface area contributed by atoms with Crippen LogP contribution in [-0.2, 0) is 11.2 Å². The molecule has 146 valence electrons. The molecule has 0 atom stereocenters. The van der Waals surface area contributed by atoms with Gasteiger partial charge >= 0.3 is 0 Å². The van der Waals surface area contributed by atoms with Gasteiger partial charge in [-0.15, -0.1) is 0 Å². The van der Waals surface area contributed by atoms with Crippen LogP contribution >= 0.6 is 0 Å². The van der Waals surface area contributed by atoms with E-state index in [2.05, 4.69) is 11.4 Å². The zero-order valence-electron chi connectivity index (χ0n) is 16.2. The van der Waals surface area contributed by atoms with Gasteiger partial charge < -0.3 is 15.1 Å². The van der Waals surface area contributed by atoms with Crippen LogP contribution < -0.4 is 10.2 Å². The van der Waals surface area contributed by atoms with Gasteiger partial charge in [0.05, 0.1) is 6.54 Å². The summed E-state index contributed by atoms with van der Waals surface area (Å²) >= 11 is 0. The molecule has 0 aromatic heterocycles. The molecule has 2 aromatic rings. The Bertz CT molecular complexity index is 841. The van der Waals surface area contributed by atoms with Crippen molar-refractivity contribution in [1.29, 1.82) is 0 Å². The van der Waals surface area contributed by atoms with E-state index in [1.54, 1.807) is 0 Å². The fourth-order valence-corrected chi connectivity index (χ4v) is 4.08. The van der Waals surface area contributed by atoms with Gasteiger partial charge in [-0.3, -0.25) is 9.59 Å². The third-order valence-electron chi connectivity index (χ3n) is 5.63. The number of aryl methyl sites for hydroxylation is 1. The summed E-state index contributed by atoms with van der Waals surface area (Å²) in [5, 5.41) is 3.20. The van der Waals surface area contributed by atoms with Gasteiger partial charge in [-0.1, -0.05) is 18.2 Å². The van der Waals surface area contributed by atoms with E-state index in [0.717, 1.165) is 56.7 Å². The molecule has 28 heavy (non-hydrogen) atoms. The van der Waals surface area contributed by atoms with Gasteiger partial charge in [0.2, 0.25) is 5.91 Å². The van der Waals surface area contributed by atoms with Crippen molar-refractivity contribution in [2.75, 3.05) is 36.4 Å². The summed E-state index contributed by atoms with van der Waals surface area (Å²) < 4.78 is 0. The highest BCUT2D eigenvalue weighted by Gasteiger charge is 2.22. The van der Waals surface area contributed by atoms with Crippen molar-refractivity contribution >= 4 is 23.2 Å². The second-order valence-corrected chi connectivity index (χ2v) is 7.56. The Morgan fingerprint density at radius 1 is 0.857 bits per heavy atom. The molecule has 1 saturated heterocycles. The summed E-state index contributed by atoms with van der Waals surface area (Å²) in [5.74, 6) is 0.174. The number of hydrogen-bond donors (Lipinski definition) is 1. The molecule has 2 aliphatic heterocycles. The first-order valence-electron chi connectivity index (χ1n) is 10.2. The van der Waals surface area contributed by atoms with E-state index in [9.17, 15) is 9.59 Å². The lowest BCUT2D eigenvalue weighted by Gasteiger charge is -2.29. The van der Waals surface area contributed by atoms with E-state index >= 15 is 0 Å². The van der Waals surface area contributed by atoms with Gasteiger partial charge in [0, 0.05) is 36.6 Å². The molecule has 5 heteroatoms. The number of piperidine rings is 1. The first kappa shape index (κ1) is 18.5. The number of amides is 2. The van der Waals surface area contributed by atoms with Crippen LogP contribution in [0.15, 0.2) is 48.5 Å². The highest BCUT2D eigenvalue weighted by Crippen LogP contribution is 2.26. The third kappa shape index (κ3) is 4.03. The van der Waals surface area contributed by atoms with Crippen LogP contribution in [0.25, 0.3) is 0 Å². The number of carbonyl (C=O) groups is 2. The molecule has 1 fully saturated rings. The number of anilines is 2. The maximum atomic E-state index is 12.7. The molecular weight excluding hydrogens is 350 g/mol. The van der Waals surface area contributed by atoms with E-state index in [4.69, 9.17) is 0 Å². The number of benzene rings is 2. The number of nitrogens with zero attached hydrogens (tertiary/aromatic N) is 2. The lowest BCUT2D eigenvalue weighted by atomic mass is 10.0. The first-order chi connectivity index (χ1) is 13.7. The first-order valence-corrected chi connectivity index (χ1v) is 10.2. The van der Waals surface area contributed by atoms with Gasteiger partial charge in [-0.25, -0.2) is 0 Å². The minimum atomic E-state index is 0.0700. The van der Waals surface area contributed by atoms with E-state index in [0.29, 0.717) is 5.56 Å². The lowest BCUT2D eigenvalue weighted by Crippen LogP contribution is -2.39. The minimum Gasteiger partial charge on any atom is -0.376 e. The summed E-state index contributed by atoms with van der Waals surface area (Å²) in [7, 11) is 0. The molecule has 2 amide bonds. The maximum absolute atomic E-state index is 12.7. The molecular formula is C23H27N3O2.